The molecule has 9 nitrogen and oxygen atoms in total. The Labute approximate surface area is 194 Å². The summed E-state index contributed by atoms with van der Waals surface area (Å²) in [5.74, 6) is 0.0704. The number of amides is 1. The second kappa shape index (κ2) is 8.57. The zero-order chi connectivity index (χ0) is 22.2. The van der Waals surface area contributed by atoms with E-state index in [1.807, 2.05) is 10.9 Å². The highest BCUT2D eigenvalue weighted by Crippen LogP contribution is 2.32. The fraction of sp³-hybridized carbons (Fsp3) is 0.333. The minimum Gasteiger partial charge on any atom is -0.474 e. The number of hydrogen-bond acceptors (Lipinski definition) is 7. The van der Waals surface area contributed by atoms with E-state index in [1.54, 1.807) is 24.4 Å². The summed E-state index contributed by atoms with van der Waals surface area (Å²) in [4.78, 5) is 23.9. The number of nitrogens with zero attached hydrogens (tertiary/aromatic N) is 5. The van der Waals surface area contributed by atoms with E-state index in [0.717, 1.165) is 31.6 Å². The highest BCUT2D eigenvalue weighted by atomic mass is 35.5. The van der Waals surface area contributed by atoms with Crippen molar-refractivity contribution in [2.75, 3.05) is 30.8 Å². The van der Waals surface area contributed by atoms with Gasteiger partial charge in [0.15, 0.2) is 0 Å². The summed E-state index contributed by atoms with van der Waals surface area (Å²) in [6, 6.07) is 5.37. The summed E-state index contributed by atoms with van der Waals surface area (Å²) >= 11 is 12.4. The molecule has 2 aromatic heterocycles. The van der Waals surface area contributed by atoms with Crippen LogP contribution in [0.15, 0.2) is 36.8 Å². The molecule has 0 bridgehead atoms. The van der Waals surface area contributed by atoms with Gasteiger partial charge in [-0.05, 0) is 32.0 Å². The molecule has 32 heavy (non-hydrogen) atoms. The maximum atomic E-state index is 12.9. The summed E-state index contributed by atoms with van der Waals surface area (Å²) in [5.41, 5.74) is 1.29. The molecule has 3 heterocycles. The number of carbonyl (C=O) groups is 1. The number of benzene rings is 1. The predicted octanol–water partition coefficient (Wildman–Crippen LogP) is 4.00. The van der Waals surface area contributed by atoms with E-state index < -0.39 is 5.91 Å². The first kappa shape index (κ1) is 21.0. The number of halogens is 2. The van der Waals surface area contributed by atoms with Crippen LogP contribution in [0.2, 0.25) is 10.0 Å². The van der Waals surface area contributed by atoms with E-state index in [0.29, 0.717) is 27.7 Å². The number of anilines is 3. The van der Waals surface area contributed by atoms with Gasteiger partial charge < -0.3 is 20.3 Å². The second-order valence-corrected chi connectivity index (χ2v) is 8.80. The fourth-order valence-electron chi connectivity index (χ4n) is 3.38. The fourth-order valence-corrected chi connectivity index (χ4v) is 3.87. The number of para-hydroxylation sites is 1. The molecule has 0 spiro atoms. The van der Waals surface area contributed by atoms with Crippen molar-refractivity contribution in [3.8, 4) is 5.88 Å². The Hall–Kier alpha value is -2.88. The largest absolute Gasteiger partial charge is 0.474 e. The van der Waals surface area contributed by atoms with Crippen molar-refractivity contribution in [3.63, 3.8) is 0 Å². The highest BCUT2D eigenvalue weighted by Gasteiger charge is 2.28. The maximum absolute atomic E-state index is 12.9. The highest BCUT2D eigenvalue weighted by molar-refractivity contribution is 6.40. The average Bonchev–Trinajstić information content (AvgIpc) is 3.44. The quantitative estimate of drug-likeness (QED) is 0.534. The monoisotopic (exact) mass is 473 g/mol. The number of nitrogens with one attached hydrogen (secondary N) is 2. The molecule has 11 heteroatoms. The first-order valence-electron chi connectivity index (χ1n) is 10.2. The Kier molecular flexibility index (Phi) is 5.62. The first-order chi connectivity index (χ1) is 15.5. The van der Waals surface area contributed by atoms with Crippen LogP contribution in [0.25, 0.3) is 0 Å². The van der Waals surface area contributed by atoms with E-state index in [4.69, 9.17) is 27.9 Å². The van der Waals surface area contributed by atoms with Gasteiger partial charge in [0.25, 0.3) is 5.91 Å². The number of likely N-dealkylation sites (tertiary alicyclic amines) is 1. The molecule has 1 aliphatic heterocycles. The van der Waals surface area contributed by atoms with Crippen LogP contribution in [0.1, 0.15) is 29.2 Å². The minimum atomic E-state index is -0.455. The number of carbonyl (C=O) groups excluding carboxylic acids is 1. The molecule has 1 saturated heterocycles. The zero-order valence-electron chi connectivity index (χ0n) is 17.3. The molecular weight excluding hydrogens is 453 g/mol. The van der Waals surface area contributed by atoms with Gasteiger partial charge >= 0.3 is 0 Å². The van der Waals surface area contributed by atoms with Gasteiger partial charge in [-0.25, -0.2) is 4.98 Å². The van der Waals surface area contributed by atoms with E-state index in [1.165, 1.54) is 6.20 Å². The van der Waals surface area contributed by atoms with E-state index in [-0.39, 0.29) is 17.5 Å². The molecule has 0 radical (unpaired) electrons. The molecule has 1 aromatic carbocycles. The minimum absolute atomic E-state index is 0.0477. The Morgan fingerprint density at radius 1 is 1.19 bits per heavy atom. The number of rotatable bonds is 7. The van der Waals surface area contributed by atoms with Crippen LogP contribution >= 0.6 is 23.2 Å². The standard InChI is InChI=1S/C21H21Cl2N7O2/c1-29-10-13(11-29)30-9-12(7-25-30)26-21-24-8-15(20(28-21)32-14-5-6-14)19(31)27-18-16(22)3-2-4-17(18)23/h2-4,7-9,13-14H,5-6,10-11H2,1H3,(H,27,31)(H,24,26,28). The average molecular weight is 474 g/mol. The Morgan fingerprint density at radius 3 is 2.62 bits per heavy atom. The lowest BCUT2D eigenvalue weighted by Crippen LogP contribution is -2.45. The summed E-state index contributed by atoms with van der Waals surface area (Å²) in [6.45, 7) is 1.94. The molecule has 1 amide bonds. The van der Waals surface area contributed by atoms with E-state index >= 15 is 0 Å². The number of ether oxygens (including phenoxy) is 1. The van der Waals surface area contributed by atoms with Crippen LogP contribution < -0.4 is 15.4 Å². The Balaban J connectivity index is 1.35. The SMILES string of the molecule is CN1CC(n2cc(Nc3ncc(C(=O)Nc4c(Cl)cccc4Cl)c(OC4CC4)n3)cn2)C1. The summed E-state index contributed by atoms with van der Waals surface area (Å²) < 4.78 is 7.82. The molecule has 5 rings (SSSR count). The lowest BCUT2D eigenvalue weighted by Gasteiger charge is -2.36. The van der Waals surface area contributed by atoms with Crippen molar-refractivity contribution in [2.24, 2.45) is 0 Å². The maximum Gasteiger partial charge on any atom is 0.262 e. The second-order valence-electron chi connectivity index (χ2n) is 7.99. The normalized spacial score (nSPS) is 16.5. The molecule has 1 saturated carbocycles. The van der Waals surface area contributed by atoms with Gasteiger partial charge in [0.05, 0.1) is 33.7 Å². The summed E-state index contributed by atoms with van der Waals surface area (Å²) in [6.07, 6.45) is 6.97. The third kappa shape index (κ3) is 4.50. The molecule has 0 atom stereocenters. The molecule has 2 N–H and O–H groups in total. The van der Waals surface area contributed by atoms with Crippen LogP contribution in [-0.4, -0.2) is 56.8 Å². The molecule has 2 aliphatic rings. The van der Waals surface area contributed by atoms with Crippen LogP contribution in [0.4, 0.5) is 17.3 Å². The van der Waals surface area contributed by atoms with E-state index in [2.05, 4.69) is 37.6 Å². The van der Waals surface area contributed by atoms with Gasteiger partial charge in [0, 0.05) is 25.5 Å². The van der Waals surface area contributed by atoms with Gasteiger partial charge in [-0.1, -0.05) is 29.3 Å². The van der Waals surface area contributed by atoms with Crippen molar-refractivity contribution in [2.45, 2.75) is 25.0 Å². The Bertz CT molecular complexity index is 1140. The van der Waals surface area contributed by atoms with Crippen molar-refractivity contribution >= 4 is 46.4 Å². The summed E-state index contributed by atoms with van der Waals surface area (Å²) in [7, 11) is 2.08. The van der Waals surface area contributed by atoms with Crippen LogP contribution in [0.5, 0.6) is 5.88 Å². The van der Waals surface area contributed by atoms with Crippen LogP contribution in [0, 0.1) is 0 Å². The first-order valence-corrected chi connectivity index (χ1v) is 11.0. The molecule has 166 valence electrons. The third-order valence-electron chi connectivity index (χ3n) is 5.28. The number of aromatic nitrogens is 4. The van der Waals surface area contributed by atoms with Crippen molar-refractivity contribution in [1.82, 2.24) is 24.6 Å². The lowest BCUT2D eigenvalue weighted by atomic mass is 10.1. The van der Waals surface area contributed by atoms with Crippen molar-refractivity contribution in [1.29, 1.82) is 0 Å². The number of likely N-dealkylation sites (N-methyl/N-ethyl adjacent to an activating group) is 1. The summed E-state index contributed by atoms with van der Waals surface area (Å²) in [5, 5.41) is 10.9. The van der Waals surface area contributed by atoms with Crippen molar-refractivity contribution in [3.05, 3.63) is 52.4 Å². The molecular formula is C21H21Cl2N7O2. The lowest BCUT2D eigenvalue weighted by molar-refractivity contribution is 0.102. The van der Waals surface area contributed by atoms with E-state index in [9.17, 15) is 4.79 Å². The van der Waals surface area contributed by atoms with Gasteiger partial charge in [-0.3, -0.25) is 9.48 Å². The van der Waals surface area contributed by atoms with Crippen LogP contribution in [0.3, 0.4) is 0 Å². The molecule has 1 aliphatic carbocycles. The van der Waals surface area contributed by atoms with Crippen molar-refractivity contribution < 1.29 is 9.53 Å². The van der Waals surface area contributed by atoms with Crippen LogP contribution in [-0.2, 0) is 0 Å². The van der Waals surface area contributed by atoms with Gasteiger partial charge in [-0.2, -0.15) is 10.1 Å². The van der Waals surface area contributed by atoms with Gasteiger partial charge in [0.1, 0.15) is 11.7 Å². The molecule has 2 fully saturated rings. The topological polar surface area (TPSA) is 97.2 Å². The molecule has 3 aromatic rings. The van der Waals surface area contributed by atoms with Gasteiger partial charge in [0.2, 0.25) is 11.8 Å². The smallest absolute Gasteiger partial charge is 0.262 e. The third-order valence-corrected chi connectivity index (χ3v) is 5.91. The van der Waals surface area contributed by atoms with Gasteiger partial charge in [-0.15, -0.1) is 0 Å². The number of hydrogen-bond donors (Lipinski definition) is 2. The Morgan fingerprint density at radius 2 is 1.94 bits per heavy atom. The predicted molar refractivity (Wildman–Crippen MR) is 122 cm³/mol. The zero-order valence-corrected chi connectivity index (χ0v) is 18.8. The molecule has 0 unspecified atom stereocenters.